The molecule has 0 fully saturated rings. The third kappa shape index (κ3) is 2.30. The van der Waals surface area contributed by atoms with E-state index >= 15 is 0 Å². The van der Waals surface area contributed by atoms with E-state index in [4.69, 9.17) is 0 Å². The molecule has 1 unspecified atom stereocenters. The topological polar surface area (TPSA) is 17.1 Å². The Hall–Kier alpha value is -1.63. The number of hydrogen-bond acceptors (Lipinski definition) is 1. The standard InChI is InChI=1S/C15H16O/c1-2-12-7-6-10-14(11-12)15(16)13-8-4-3-5-9-13/h3-10,14H,2,11H2,1H3. The molecule has 1 nitrogen and oxygen atoms in total. The first kappa shape index (κ1) is 10.9. The van der Waals surface area contributed by atoms with Crippen LogP contribution in [0.2, 0.25) is 0 Å². The van der Waals surface area contributed by atoms with Gasteiger partial charge in [-0.3, -0.25) is 4.79 Å². The lowest BCUT2D eigenvalue weighted by atomic mass is 9.87. The Bertz CT molecular complexity index is 426. The maximum Gasteiger partial charge on any atom is 0.170 e. The monoisotopic (exact) mass is 212 g/mol. The molecule has 0 amide bonds. The van der Waals surface area contributed by atoms with Crippen LogP contribution in [0.15, 0.2) is 54.1 Å². The molecule has 1 atom stereocenters. The van der Waals surface area contributed by atoms with Crippen molar-refractivity contribution in [2.45, 2.75) is 19.8 Å². The fourth-order valence-electron chi connectivity index (χ4n) is 2.00. The van der Waals surface area contributed by atoms with E-state index in [2.05, 4.69) is 13.0 Å². The summed E-state index contributed by atoms with van der Waals surface area (Å²) in [5, 5.41) is 0. The smallest absolute Gasteiger partial charge is 0.170 e. The van der Waals surface area contributed by atoms with Crippen molar-refractivity contribution in [3.63, 3.8) is 0 Å². The Morgan fingerprint density at radius 3 is 2.75 bits per heavy atom. The van der Waals surface area contributed by atoms with Crippen LogP contribution < -0.4 is 0 Å². The molecule has 0 spiro atoms. The first-order chi connectivity index (χ1) is 7.81. The van der Waals surface area contributed by atoms with E-state index in [1.165, 1.54) is 5.57 Å². The van der Waals surface area contributed by atoms with Gasteiger partial charge in [0.15, 0.2) is 5.78 Å². The number of carbonyl (C=O) groups is 1. The predicted octanol–water partition coefficient (Wildman–Crippen LogP) is 3.78. The molecule has 1 heteroatoms. The van der Waals surface area contributed by atoms with E-state index in [1.807, 2.05) is 42.5 Å². The summed E-state index contributed by atoms with van der Waals surface area (Å²) in [6.07, 6.45) is 8.04. The van der Waals surface area contributed by atoms with E-state index in [0.717, 1.165) is 18.4 Å². The number of carbonyl (C=O) groups excluding carboxylic acids is 1. The van der Waals surface area contributed by atoms with Crippen LogP contribution in [0.3, 0.4) is 0 Å². The van der Waals surface area contributed by atoms with Gasteiger partial charge in [0.25, 0.3) is 0 Å². The summed E-state index contributed by atoms with van der Waals surface area (Å²) in [5.74, 6) is 0.262. The molecular formula is C15H16O. The van der Waals surface area contributed by atoms with Crippen LogP contribution in [-0.4, -0.2) is 5.78 Å². The maximum absolute atomic E-state index is 12.2. The molecule has 0 radical (unpaired) electrons. The van der Waals surface area contributed by atoms with Gasteiger partial charge in [-0.2, -0.15) is 0 Å². The SMILES string of the molecule is CCC1=CC=CC(C(=O)c2ccccc2)C1. The van der Waals surface area contributed by atoms with Gasteiger partial charge in [0.05, 0.1) is 0 Å². The molecule has 16 heavy (non-hydrogen) atoms. The molecule has 2 rings (SSSR count). The third-order valence-electron chi connectivity index (χ3n) is 3.01. The Morgan fingerprint density at radius 1 is 1.31 bits per heavy atom. The Balaban J connectivity index is 2.13. The Labute approximate surface area is 96.5 Å². The minimum Gasteiger partial charge on any atom is -0.294 e. The minimum absolute atomic E-state index is 0.0300. The van der Waals surface area contributed by atoms with E-state index in [1.54, 1.807) is 0 Å². The normalized spacial score (nSPS) is 19.3. The first-order valence-corrected chi connectivity index (χ1v) is 5.76. The highest BCUT2D eigenvalue weighted by atomic mass is 16.1. The van der Waals surface area contributed by atoms with Gasteiger partial charge in [-0.25, -0.2) is 0 Å². The number of Topliss-reactive ketones (excluding diaryl/α,β-unsaturated/α-hetero) is 1. The maximum atomic E-state index is 12.2. The van der Waals surface area contributed by atoms with Crippen LogP contribution in [-0.2, 0) is 0 Å². The van der Waals surface area contributed by atoms with E-state index in [0.29, 0.717) is 0 Å². The summed E-state index contributed by atoms with van der Waals surface area (Å²) in [5.41, 5.74) is 2.17. The van der Waals surface area contributed by atoms with Gasteiger partial charge in [0, 0.05) is 11.5 Å². The summed E-state index contributed by atoms with van der Waals surface area (Å²) in [6.45, 7) is 2.13. The number of rotatable bonds is 3. The summed E-state index contributed by atoms with van der Waals surface area (Å²) >= 11 is 0. The Kier molecular flexibility index (Phi) is 3.35. The van der Waals surface area contributed by atoms with E-state index in [-0.39, 0.29) is 11.7 Å². The van der Waals surface area contributed by atoms with Gasteiger partial charge < -0.3 is 0 Å². The molecular weight excluding hydrogens is 196 g/mol. The van der Waals surface area contributed by atoms with Crippen molar-refractivity contribution in [3.05, 3.63) is 59.7 Å². The summed E-state index contributed by atoms with van der Waals surface area (Å²) in [6, 6.07) is 9.54. The van der Waals surface area contributed by atoms with E-state index in [9.17, 15) is 4.79 Å². The van der Waals surface area contributed by atoms with Gasteiger partial charge in [0.2, 0.25) is 0 Å². The second kappa shape index (κ2) is 4.93. The molecule has 0 N–H and O–H groups in total. The zero-order chi connectivity index (χ0) is 11.4. The summed E-state index contributed by atoms with van der Waals surface area (Å²) in [4.78, 5) is 12.2. The van der Waals surface area contributed by atoms with Gasteiger partial charge in [-0.1, -0.05) is 61.1 Å². The van der Waals surface area contributed by atoms with Crippen LogP contribution in [0.5, 0.6) is 0 Å². The van der Waals surface area contributed by atoms with Crippen LogP contribution in [0.25, 0.3) is 0 Å². The van der Waals surface area contributed by atoms with Crippen LogP contribution >= 0.6 is 0 Å². The quantitative estimate of drug-likeness (QED) is 0.697. The molecule has 1 aromatic rings. The second-order valence-corrected chi connectivity index (χ2v) is 4.10. The zero-order valence-electron chi connectivity index (χ0n) is 9.52. The number of benzene rings is 1. The van der Waals surface area contributed by atoms with Crippen molar-refractivity contribution in [1.82, 2.24) is 0 Å². The molecule has 82 valence electrons. The molecule has 1 aliphatic rings. The van der Waals surface area contributed by atoms with Gasteiger partial charge in [-0.05, 0) is 12.8 Å². The molecule has 1 aromatic carbocycles. The van der Waals surface area contributed by atoms with Crippen LogP contribution in [0, 0.1) is 5.92 Å². The minimum atomic E-state index is 0.0300. The predicted molar refractivity (Wildman–Crippen MR) is 66.4 cm³/mol. The van der Waals surface area contributed by atoms with Crippen molar-refractivity contribution in [3.8, 4) is 0 Å². The van der Waals surface area contributed by atoms with Crippen molar-refractivity contribution < 1.29 is 4.79 Å². The number of allylic oxidation sites excluding steroid dienone is 4. The second-order valence-electron chi connectivity index (χ2n) is 4.10. The fourth-order valence-corrected chi connectivity index (χ4v) is 2.00. The van der Waals surface area contributed by atoms with E-state index < -0.39 is 0 Å². The number of hydrogen-bond donors (Lipinski definition) is 0. The number of ketones is 1. The lowest BCUT2D eigenvalue weighted by Crippen LogP contribution is -2.14. The fraction of sp³-hybridized carbons (Fsp3) is 0.267. The average molecular weight is 212 g/mol. The summed E-state index contributed by atoms with van der Waals surface area (Å²) in [7, 11) is 0. The first-order valence-electron chi connectivity index (χ1n) is 5.76. The van der Waals surface area contributed by atoms with Gasteiger partial charge in [-0.15, -0.1) is 0 Å². The van der Waals surface area contributed by atoms with Crippen molar-refractivity contribution in [1.29, 1.82) is 0 Å². The lowest BCUT2D eigenvalue weighted by molar-refractivity contribution is 0.0943. The zero-order valence-corrected chi connectivity index (χ0v) is 9.52. The van der Waals surface area contributed by atoms with Crippen molar-refractivity contribution in [2.75, 3.05) is 0 Å². The van der Waals surface area contributed by atoms with Crippen molar-refractivity contribution in [2.24, 2.45) is 5.92 Å². The molecule has 0 aliphatic heterocycles. The molecule has 0 heterocycles. The molecule has 0 aromatic heterocycles. The van der Waals surface area contributed by atoms with Gasteiger partial charge in [0.1, 0.15) is 0 Å². The largest absolute Gasteiger partial charge is 0.294 e. The van der Waals surface area contributed by atoms with Crippen molar-refractivity contribution >= 4 is 5.78 Å². The van der Waals surface area contributed by atoms with Crippen LogP contribution in [0.4, 0.5) is 0 Å². The lowest BCUT2D eigenvalue weighted by Gasteiger charge is -2.16. The average Bonchev–Trinajstić information content (AvgIpc) is 2.39. The highest BCUT2D eigenvalue weighted by molar-refractivity contribution is 5.99. The molecule has 1 aliphatic carbocycles. The van der Waals surface area contributed by atoms with Gasteiger partial charge >= 0.3 is 0 Å². The highest BCUT2D eigenvalue weighted by Gasteiger charge is 2.19. The van der Waals surface area contributed by atoms with Crippen LogP contribution in [0.1, 0.15) is 30.1 Å². The Morgan fingerprint density at radius 2 is 2.06 bits per heavy atom. The molecule has 0 saturated heterocycles. The third-order valence-corrected chi connectivity index (χ3v) is 3.01. The highest BCUT2D eigenvalue weighted by Crippen LogP contribution is 2.24. The molecule has 0 saturated carbocycles. The summed E-state index contributed by atoms with van der Waals surface area (Å²) < 4.78 is 0. The molecule has 0 bridgehead atoms.